The highest BCUT2D eigenvalue weighted by atomic mass is 32.2. The van der Waals surface area contributed by atoms with Crippen molar-refractivity contribution in [1.82, 2.24) is 4.72 Å². The van der Waals surface area contributed by atoms with Crippen LogP contribution < -0.4 is 4.72 Å². The fourth-order valence-electron chi connectivity index (χ4n) is 1.84. The Morgan fingerprint density at radius 1 is 1.21 bits per heavy atom. The fourth-order valence-corrected chi connectivity index (χ4v) is 3.57. The number of rotatable bonds is 7. The van der Waals surface area contributed by atoms with Crippen LogP contribution in [-0.2, 0) is 22.4 Å². The molecule has 19 heavy (non-hydrogen) atoms. The molecule has 0 aliphatic carbocycles. The molecule has 0 aliphatic heterocycles. The largest absolute Gasteiger partial charge is 0.392 e. The van der Waals surface area contributed by atoms with Crippen LogP contribution in [0, 0.1) is 0 Å². The number of benzene rings is 1. The van der Waals surface area contributed by atoms with Crippen molar-refractivity contribution in [3.63, 3.8) is 0 Å². The van der Waals surface area contributed by atoms with Gasteiger partial charge in [0, 0.05) is 5.54 Å². The zero-order chi connectivity index (χ0) is 14.5. The van der Waals surface area contributed by atoms with Crippen LogP contribution in [0.3, 0.4) is 0 Å². The van der Waals surface area contributed by atoms with E-state index < -0.39 is 15.6 Å². The van der Waals surface area contributed by atoms with Crippen molar-refractivity contribution in [1.29, 1.82) is 0 Å². The van der Waals surface area contributed by atoms with Gasteiger partial charge < -0.3 is 5.11 Å². The molecule has 0 radical (unpaired) electrons. The Bertz CT molecular complexity index is 507. The molecule has 0 heterocycles. The zero-order valence-corrected chi connectivity index (χ0v) is 12.6. The van der Waals surface area contributed by atoms with E-state index in [0.29, 0.717) is 5.56 Å². The predicted octanol–water partition coefficient (Wildman–Crippen LogP) is 2.18. The molecule has 5 heteroatoms. The molecule has 0 spiro atoms. The van der Waals surface area contributed by atoms with Gasteiger partial charge in [-0.2, -0.15) is 0 Å². The Hall–Kier alpha value is -0.910. The second kappa shape index (κ2) is 6.50. The molecule has 0 amide bonds. The minimum Gasteiger partial charge on any atom is -0.392 e. The van der Waals surface area contributed by atoms with Gasteiger partial charge in [0.05, 0.1) is 12.4 Å². The van der Waals surface area contributed by atoms with Crippen LogP contribution in [0.15, 0.2) is 24.3 Å². The van der Waals surface area contributed by atoms with Gasteiger partial charge in [-0.3, -0.25) is 0 Å². The molecule has 4 nitrogen and oxygen atoms in total. The summed E-state index contributed by atoms with van der Waals surface area (Å²) in [6.45, 7) is 5.77. The first-order valence-electron chi connectivity index (χ1n) is 6.54. The topological polar surface area (TPSA) is 66.4 Å². The Kier molecular flexibility index (Phi) is 5.52. The van der Waals surface area contributed by atoms with Gasteiger partial charge in [0.2, 0.25) is 10.0 Å². The van der Waals surface area contributed by atoms with Gasteiger partial charge in [0.1, 0.15) is 0 Å². The van der Waals surface area contributed by atoms with Crippen LogP contribution in [0.2, 0.25) is 0 Å². The number of nitrogens with one attached hydrogen (secondary N) is 1. The van der Waals surface area contributed by atoms with Crippen LogP contribution in [0.25, 0.3) is 0 Å². The normalized spacial score (nSPS) is 12.6. The summed E-state index contributed by atoms with van der Waals surface area (Å²) in [6.07, 6.45) is 1.50. The van der Waals surface area contributed by atoms with E-state index in [0.717, 1.165) is 18.4 Å². The third-order valence-corrected chi connectivity index (χ3v) is 5.01. The number of aliphatic hydroxyl groups is 1. The average molecular weight is 285 g/mol. The highest BCUT2D eigenvalue weighted by molar-refractivity contribution is 7.88. The highest BCUT2D eigenvalue weighted by Gasteiger charge is 2.26. The van der Waals surface area contributed by atoms with Gasteiger partial charge in [0.25, 0.3) is 0 Å². The lowest BCUT2D eigenvalue weighted by atomic mass is 9.98. The molecule has 0 saturated heterocycles. The third kappa shape index (κ3) is 4.93. The highest BCUT2D eigenvalue weighted by Crippen LogP contribution is 2.17. The van der Waals surface area contributed by atoms with Crippen molar-refractivity contribution in [2.75, 3.05) is 0 Å². The second-order valence-corrected chi connectivity index (χ2v) is 6.83. The van der Waals surface area contributed by atoms with E-state index in [1.165, 1.54) is 0 Å². The minimum absolute atomic E-state index is 0.0591. The second-order valence-electron chi connectivity index (χ2n) is 5.11. The molecule has 0 aliphatic rings. The Morgan fingerprint density at radius 3 is 2.32 bits per heavy atom. The molecule has 0 bridgehead atoms. The monoisotopic (exact) mass is 285 g/mol. The van der Waals surface area contributed by atoms with Crippen LogP contribution in [0.4, 0.5) is 0 Å². The quantitative estimate of drug-likeness (QED) is 0.807. The Morgan fingerprint density at radius 2 is 1.79 bits per heavy atom. The van der Waals surface area contributed by atoms with Gasteiger partial charge in [-0.1, -0.05) is 38.1 Å². The van der Waals surface area contributed by atoms with Gasteiger partial charge in [0.15, 0.2) is 0 Å². The molecular formula is C14H23NO3S. The van der Waals surface area contributed by atoms with Crippen LogP contribution in [-0.4, -0.2) is 19.1 Å². The van der Waals surface area contributed by atoms with Crippen molar-refractivity contribution >= 4 is 10.0 Å². The molecule has 2 N–H and O–H groups in total. The molecule has 1 aromatic carbocycles. The van der Waals surface area contributed by atoms with E-state index in [9.17, 15) is 8.42 Å². The first kappa shape index (κ1) is 16.1. The first-order valence-corrected chi connectivity index (χ1v) is 8.19. The van der Waals surface area contributed by atoms with Crippen molar-refractivity contribution in [3.8, 4) is 0 Å². The van der Waals surface area contributed by atoms with E-state index in [2.05, 4.69) is 4.72 Å². The van der Waals surface area contributed by atoms with Gasteiger partial charge in [-0.15, -0.1) is 0 Å². The Balaban J connectivity index is 2.84. The minimum atomic E-state index is -3.37. The lowest BCUT2D eigenvalue weighted by Crippen LogP contribution is -2.45. The van der Waals surface area contributed by atoms with Crippen molar-refractivity contribution in [3.05, 3.63) is 35.4 Å². The summed E-state index contributed by atoms with van der Waals surface area (Å²) in [6, 6.07) is 7.00. The van der Waals surface area contributed by atoms with Gasteiger partial charge in [-0.05, 0) is 30.9 Å². The number of sulfonamides is 1. The van der Waals surface area contributed by atoms with E-state index >= 15 is 0 Å². The molecule has 0 fully saturated rings. The molecule has 0 atom stereocenters. The predicted molar refractivity (Wildman–Crippen MR) is 77.1 cm³/mol. The first-order chi connectivity index (χ1) is 8.84. The number of aliphatic hydroxyl groups excluding tert-OH is 1. The third-order valence-electron chi connectivity index (χ3n) is 3.49. The fraction of sp³-hybridized carbons (Fsp3) is 0.571. The van der Waals surface area contributed by atoms with Crippen molar-refractivity contribution in [2.24, 2.45) is 0 Å². The molecule has 1 aromatic rings. The summed E-state index contributed by atoms with van der Waals surface area (Å²) < 4.78 is 27.1. The van der Waals surface area contributed by atoms with Crippen molar-refractivity contribution < 1.29 is 13.5 Å². The molecule has 108 valence electrons. The Labute approximate surface area is 115 Å². The maximum Gasteiger partial charge on any atom is 0.216 e. The summed E-state index contributed by atoms with van der Waals surface area (Å²) in [5.74, 6) is -0.0591. The average Bonchev–Trinajstić information content (AvgIpc) is 2.37. The maximum atomic E-state index is 12.2. The molecule has 1 rings (SSSR count). The summed E-state index contributed by atoms with van der Waals surface area (Å²) >= 11 is 0. The smallest absolute Gasteiger partial charge is 0.216 e. The van der Waals surface area contributed by atoms with E-state index in [-0.39, 0.29) is 12.4 Å². The maximum absolute atomic E-state index is 12.2. The standard InChI is InChI=1S/C14H23NO3S/c1-4-14(3,5-2)15-19(17,18)11-13-8-6-7-12(9-13)10-16/h6-9,15-16H,4-5,10-11H2,1-3H3. The van der Waals surface area contributed by atoms with Crippen LogP contribution in [0.1, 0.15) is 44.7 Å². The van der Waals surface area contributed by atoms with E-state index in [1.54, 1.807) is 24.3 Å². The van der Waals surface area contributed by atoms with E-state index in [4.69, 9.17) is 5.11 Å². The molecular weight excluding hydrogens is 262 g/mol. The molecule has 0 aromatic heterocycles. The van der Waals surface area contributed by atoms with Gasteiger partial charge in [-0.25, -0.2) is 13.1 Å². The summed E-state index contributed by atoms with van der Waals surface area (Å²) in [4.78, 5) is 0. The van der Waals surface area contributed by atoms with Crippen LogP contribution >= 0.6 is 0 Å². The summed E-state index contributed by atoms with van der Waals surface area (Å²) in [5, 5.41) is 9.06. The summed E-state index contributed by atoms with van der Waals surface area (Å²) in [5.41, 5.74) is 1.02. The lowest BCUT2D eigenvalue weighted by molar-refractivity contribution is 0.281. The lowest BCUT2D eigenvalue weighted by Gasteiger charge is -2.27. The zero-order valence-electron chi connectivity index (χ0n) is 11.8. The van der Waals surface area contributed by atoms with E-state index in [1.807, 2.05) is 20.8 Å². The summed E-state index contributed by atoms with van der Waals surface area (Å²) in [7, 11) is -3.37. The van der Waals surface area contributed by atoms with Gasteiger partial charge >= 0.3 is 0 Å². The van der Waals surface area contributed by atoms with Crippen molar-refractivity contribution in [2.45, 2.75) is 51.5 Å². The van der Waals surface area contributed by atoms with Crippen LogP contribution in [0.5, 0.6) is 0 Å². The molecule has 0 unspecified atom stereocenters. The number of hydrogen-bond acceptors (Lipinski definition) is 3. The SMILES string of the molecule is CCC(C)(CC)NS(=O)(=O)Cc1cccc(CO)c1. The molecule has 0 saturated carbocycles. The number of hydrogen-bond donors (Lipinski definition) is 2.